The lowest BCUT2D eigenvalue weighted by molar-refractivity contribution is -0.128. The molecule has 0 saturated heterocycles. The van der Waals surface area contributed by atoms with E-state index in [1.807, 2.05) is 0 Å². The van der Waals surface area contributed by atoms with Crippen molar-refractivity contribution in [2.75, 3.05) is 19.6 Å². The molecule has 0 atom stereocenters. The lowest BCUT2D eigenvalue weighted by atomic mass is 9.97. The lowest BCUT2D eigenvalue weighted by Gasteiger charge is -2.23. The van der Waals surface area contributed by atoms with Crippen molar-refractivity contribution in [3.63, 3.8) is 0 Å². The highest BCUT2D eigenvalue weighted by atomic mass is 32.2. The van der Waals surface area contributed by atoms with Crippen molar-refractivity contribution < 1.29 is 17.6 Å². The molecule has 2 rings (SSSR count). The number of hydrogen-bond donors (Lipinski definition) is 1. The molecule has 0 heterocycles. The average molecular weight is 383 g/mol. The van der Waals surface area contributed by atoms with Gasteiger partial charge in [0.15, 0.2) is 0 Å². The van der Waals surface area contributed by atoms with Crippen LogP contribution in [0.15, 0.2) is 34.7 Å². The maximum Gasteiger partial charge on any atom is 0.240 e. The van der Waals surface area contributed by atoms with Gasteiger partial charge >= 0.3 is 0 Å². The Morgan fingerprint density at radius 1 is 1.27 bits per heavy atom. The summed E-state index contributed by atoms with van der Waals surface area (Å²) in [5.41, 5.74) is 1.73. The highest BCUT2D eigenvalue weighted by molar-refractivity contribution is 7.89. The van der Waals surface area contributed by atoms with E-state index in [9.17, 15) is 17.6 Å². The van der Waals surface area contributed by atoms with Crippen LogP contribution in [-0.4, -0.2) is 38.9 Å². The maximum atomic E-state index is 13.2. The molecule has 1 aliphatic carbocycles. The number of aryl methyl sites for hydroxylation is 1. The summed E-state index contributed by atoms with van der Waals surface area (Å²) in [6, 6.07) is 3.57. The summed E-state index contributed by atoms with van der Waals surface area (Å²) in [5, 5.41) is 0. The fourth-order valence-corrected chi connectivity index (χ4v) is 4.39. The molecule has 0 saturated carbocycles. The molecule has 1 N–H and O–H groups in total. The number of carbonyl (C=O) groups excluding carboxylic acids is 1. The third-order valence-electron chi connectivity index (χ3n) is 4.63. The van der Waals surface area contributed by atoms with Crippen LogP contribution in [0.1, 0.15) is 44.6 Å². The standard InChI is InChI=1S/C19H27FN2O3S/c1-15-14-18(20)8-9-19(15)26(24,25)21-11-13-22(16(2)23)12-10-17-6-4-3-5-7-17/h6,8-9,14,21H,3-5,7,10-13H2,1-2H3. The van der Waals surface area contributed by atoms with E-state index >= 15 is 0 Å². The van der Waals surface area contributed by atoms with E-state index in [-0.39, 0.29) is 17.3 Å². The number of hydrogen-bond acceptors (Lipinski definition) is 3. The van der Waals surface area contributed by atoms with Crippen molar-refractivity contribution in [1.82, 2.24) is 9.62 Å². The second-order valence-corrected chi connectivity index (χ2v) is 8.41. The Morgan fingerprint density at radius 2 is 2.04 bits per heavy atom. The van der Waals surface area contributed by atoms with Gasteiger partial charge in [0.25, 0.3) is 0 Å². The van der Waals surface area contributed by atoms with Crippen LogP contribution in [0.5, 0.6) is 0 Å². The Morgan fingerprint density at radius 3 is 2.65 bits per heavy atom. The molecule has 0 bridgehead atoms. The van der Waals surface area contributed by atoms with E-state index < -0.39 is 15.8 Å². The number of carbonyl (C=O) groups is 1. The van der Waals surface area contributed by atoms with Crippen molar-refractivity contribution in [2.24, 2.45) is 0 Å². The third-order valence-corrected chi connectivity index (χ3v) is 6.25. The largest absolute Gasteiger partial charge is 0.341 e. The van der Waals surface area contributed by atoms with Gasteiger partial charge in [0.1, 0.15) is 5.82 Å². The van der Waals surface area contributed by atoms with Gasteiger partial charge < -0.3 is 4.90 Å². The molecule has 0 fully saturated rings. The maximum absolute atomic E-state index is 13.2. The molecule has 0 spiro atoms. The SMILES string of the molecule is CC(=O)N(CCNS(=O)(=O)c1ccc(F)cc1C)CCC1=CCCCC1. The van der Waals surface area contributed by atoms with Gasteiger partial charge in [0, 0.05) is 26.6 Å². The summed E-state index contributed by atoms with van der Waals surface area (Å²) < 4.78 is 40.4. The van der Waals surface area contributed by atoms with Crippen LogP contribution in [0, 0.1) is 12.7 Å². The zero-order chi connectivity index (χ0) is 19.2. The second kappa shape index (κ2) is 9.28. The molecule has 1 aromatic rings. The van der Waals surface area contributed by atoms with Crippen LogP contribution in [0.4, 0.5) is 4.39 Å². The van der Waals surface area contributed by atoms with Crippen molar-refractivity contribution in [1.29, 1.82) is 0 Å². The molecule has 1 aromatic carbocycles. The predicted molar refractivity (Wildman–Crippen MR) is 99.7 cm³/mol. The van der Waals surface area contributed by atoms with Gasteiger partial charge in [-0.2, -0.15) is 0 Å². The highest BCUT2D eigenvalue weighted by Crippen LogP contribution is 2.20. The molecular weight excluding hydrogens is 355 g/mol. The summed E-state index contributed by atoms with van der Waals surface area (Å²) in [6.45, 7) is 4.07. The Bertz CT molecular complexity index is 775. The molecule has 144 valence electrons. The first-order valence-corrected chi connectivity index (χ1v) is 10.5. The van der Waals surface area contributed by atoms with E-state index in [0.29, 0.717) is 18.7 Å². The van der Waals surface area contributed by atoms with E-state index in [4.69, 9.17) is 0 Å². The van der Waals surface area contributed by atoms with Crippen LogP contribution < -0.4 is 4.72 Å². The number of benzene rings is 1. The molecule has 0 radical (unpaired) electrons. The van der Waals surface area contributed by atoms with Gasteiger partial charge in [-0.25, -0.2) is 17.5 Å². The van der Waals surface area contributed by atoms with Crippen LogP contribution in [0.2, 0.25) is 0 Å². The monoisotopic (exact) mass is 382 g/mol. The lowest BCUT2D eigenvalue weighted by Crippen LogP contribution is -2.38. The number of nitrogens with zero attached hydrogens (tertiary/aromatic N) is 1. The number of amides is 1. The molecule has 0 unspecified atom stereocenters. The average Bonchev–Trinajstić information content (AvgIpc) is 2.58. The minimum atomic E-state index is -3.73. The predicted octanol–water partition coefficient (Wildman–Crippen LogP) is 3.15. The topological polar surface area (TPSA) is 66.5 Å². The van der Waals surface area contributed by atoms with Gasteiger partial charge in [-0.1, -0.05) is 11.6 Å². The minimum absolute atomic E-state index is 0.0561. The number of allylic oxidation sites excluding steroid dienone is 1. The summed E-state index contributed by atoms with van der Waals surface area (Å²) in [5.74, 6) is -0.542. The molecule has 5 nitrogen and oxygen atoms in total. The fourth-order valence-electron chi connectivity index (χ4n) is 3.14. The van der Waals surface area contributed by atoms with E-state index in [2.05, 4.69) is 10.8 Å². The number of sulfonamides is 1. The minimum Gasteiger partial charge on any atom is -0.341 e. The van der Waals surface area contributed by atoms with Gasteiger partial charge in [-0.05, 0) is 62.8 Å². The molecule has 1 aliphatic rings. The molecule has 0 aliphatic heterocycles. The summed E-state index contributed by atoms with van der Waals surface area (Å²) in [4.78, 5) is 13.5. The van der Waals surface area contributed by atoms with Crippen LogP contribution >= 0.6 is 0 Å². The quantitative estimate of drug-likeness (QED) is 0.703. The van der Waals surface area contributed by atoms with Gasteiger partial charge in [0.2, 0.25) is 15.9 Å². The summed E-state index contributed by atoms with van der Waals surface area (Å²) in [6.07, 6.45) is 7.70. The van der Waals surface area contributed by atoms with E-state index in [1.54, 1.807) is 11.8 Å². The number of halogens is 1. The Balaban J connectivity index is 1.90. The number of rotatable bonds is 8. The first-order valence-electron chi connectivity index (χ1n) is 8.99. The van der Waals surface area contributed by atoms with E-state index in [0.717, 1.165) is 25.3 Å². The second-order valence-electron chi connectivity index (χ2n) is 6.67. The molecule has 7 heteroatoms. The molecular formula is C19H27FN2O3S. The normalized spacial score (nSPS) is 14.8. The van der Waals surface area contributed by atoms with Crippen molar-refractivity contribution in [3.05, 3.63) is 41.2 Å². The van der Waals surface area contributed by atoms with Crippen molar-refractivity contribution >= 4 is 15.9 Å². The Labute approximate surface area is 155 Å². The zero-order valence-corrected chi connectivity index (χ0v) is 16.2. The molecule has 1 amide bonds. The number of nitrogens with one attached hydrogen (secondary N) is 1. The smallest absolute Gasteiger partial charge is 0.240 e. The van der Waals surface area contributed by atoms with Crippen molar-refractivity contribution in [2.45, 2.75) is 50.8 Å². The van der Waals surface area contributed by atoms with Gasteiger partial charge in [0.05, 0.1) is 4.90 Å². The fraction of sp³-hybridized carbons (Fsp3) is 0.526. The van der Waals surface area contributed by atoms with Crippen LogP contribution in [0.3, 0.4) is 0 Å². The first-order chi connectivity index (χ1) is 12.3. The van der Waals surface area contributed by atoms with Crippen LogP contribution in [-0.2, 0) is 14.8 Å². The third kappa shape index (κ3) is 5.92. The Kier molecular flexibility index (Phi) is 7.34. The molecule has 0 aromatic heterocycles. The van der Waals surface area contributed by atoms with Crippen molar-refractivity contribution in [3.8, 4) is 0 Å². The van der Waals surface area contributed by atoms with Gasteiger partial charge in [-0.3, -0.25) is 4.79 Å². The highest BCUT2D eigenvalue weighted by Gasteiger charge is 2.18. The summed E-state index contributed by atoms with van der Waals surface area (Å²) >= 11 is 0. The van der Waals surface area contributed by atoms with Crippen LogP contribution in [0.25, 0.3) is 0 Å². The summed E-state index contributed by atoms with van der Waals surface area (Å²) in [7, 11) is -3.73. The first kappa shape index (κ1) is 20.6. The zero-order valence-electron chi connectivity index (χ0n) is 15.4. The Hall–Kier alpha value is -1.73. The van der Waals surface area contributed by atoms with E-state index in [1.165, 1.54) is 37.5 Å². The molecule has 26 heavy (non-hydrogen) atoms. The van der Waals surface area contributed by atoms with Gasteiger partial charge in [-0.15, -0.1) is 0 Å².